The molecule has 16 heavy (non-hydrogen) atoms. The molecule has 1 aromatic carbocycles. The van der Waals surface area contributed by atoms with E-state index >= 15 is 0 Å². The summed E-state index contributed by atoms with van der Waals surface area (Å²) >= 11 is 3.49. The van der Waals surface area contributed by atoms with Crippen LogP contribution in [0.4, 0.5) is 5.69 Å². The van der Waals surface area contributed by atoms with E-state index in [1.165, 1.54) is 11.3 Å². The van der Waals surface area contributed by atoms with Gasteiger partial charge >= 0.3 is 0 Å². The first-order valence-electron chi connectivity index (χ1n) is 5.21. The fraction of sp³-hybridized carbons (Fsp3) is 0.500. The summed E-state index contributed by atoms with van der Waals surface area (Å²) in [5, 5.41) is 0. The number of nitrogens with zero attached hydrogens (tertiary/aromatic N) is 1. The van der Waals surface area contributed by atoms with Gasteiger partial charge in [0.25, 0.3) is 0 Å². The van der Waals surface area contributed by atoms with Gasteiger partial charge in [-0.1, -0.05) is 22.0 Å². The van der Waals surface area contributed by atoms with Crippen LogP contribution in [0.25, 0.3) is 0 Å². The molecule has 0 unspecified atom stereocenters. The molecule has 0 aliphatic carbocycles. The van der Waals surface area contributed by atoms with E-state index in [4.69, 9.17) is 9.47 Å². The van der Waals surface area contributed by atoms with Crippen molar-refractivity contribution in [1.29, 1.82) is 0 Å². The first kappa shape index (κ1) is 11.9. The van der Waals surface area contributed by atoms with Gasteiger partial charge in [-0.2, -0.15) is 0 Å². The van der Waals surface area contributed by atoms with Crippen molar-refractivity contribution < 1.29 is 9.47 Å². The topological polar surface area (TPSA) is 21.7 Å². The van der Waals surface area contributed by atoms with E-state index in [9.17, 15) is 0 Å². The molecular formula is C12H16BrNO2. The van der Waals surface area contributed by atoms with Gasteiger partial charge in [-0.3, -0.25) is 0 Å². The summed E-state index contributed by atoms with van der Waals surface area (Å²) in [4.78, 5) is 2.26. The SMILES string of the molecule is COC1(OC)CN(c2cc(Br)ccc2C)C1. The molecule has 88 valence electrons. The van der Waals surface area contributed by atoms with Gasteiger partial charge in [-0.05, 0) is 24.6 Å². The van der Waals surface area contributed by atoms with Crippen molar-refractivity contribution in [3.8, 4) is 0 Å². The highest BCUT2D eigenvalue weighted by atomic mass is 79.9. The van der Waals surface area contributed by atoms with E-state index in [-0.39, 0.29) is 0 Å². The minimum atomic E-state index is -0.422. The molecule has 0 atom stereocenters. The molecule has 0 saturated carbocycles. The fourth-order valence-electron chi connectivity index (χ4n) is 1.97. The van der Waals surface area contributed by atoms with Gasteiger partial charge in [0.05, 0.1) is 13.1 Å². The van der Waals surface area contributed by atoms with Crippen molar-refractivity contribution in [2.45, 2.75) is 12.7 Å². The zero-order chi connectivity index (χ0) is 11.8. The van der Waals surface area contributed by atoms with Gasteiger partial charge in [0.2, 0.25) is 5.79 Å². The van der Waals surface area contributed by atoms with Crippen LogP contribution in [0.15, 0.2) is 22.7 Å². The molecule has 1 saturated heterocycles. The molecule has 0 aromatic heterocycles. The minimum absolute atomic E-state index is 0.422. The Morgan fingerprint density at radius 2 is 1.88 bits per heavy atom. The Kier molecular flexibility index (Phi) is 3.24. The maximum Gasteiger partial charge on any atom is 0.203 e. The third-order valence-electron chi connectivity index (χ3n) is 3.12. The Morgan fingerprint density at radius 1 is 1.25 bits per heavy atom. The van der Waals surface area contributed by atoms with E-state index in [2.05, 4.69) is 46.0 Å². The van der Waals surface area contributed by atoms with E-state index in [1.54, 1.807) is 14.2 Å². The van der Waals surface area contributed by atoms with Crippen molar-refractivity contribution >= 4 is 21.6 Å². The lowest BCUT2D eigenvalue weighted by Crippen LogP contribution is -2.64. The number of ether oxygens (including phenoxy) is 2. The molecule has 1 fully saturated rings. The summed E-state index contributed by atoms with van der Waals surface area (Å²) in [5.41, 5.74) is 2.50. The lowest BCUT2D eigenvalue weighted by Gasteiger charge is -2.49. The summed E-state index contributed by atoms with van der Waals surface area (Å²) in [5.74, 6) is -0.422. The highest BCUT2D eigenvalue weighted by Crippen LogP contribution is 2.34. The van der Waals surface area contributed by atoms with Crippen molar-refractivity contribution in [2.24, 2.45) is 0 Å². The summed E-state index contributed by atoms with van der Waals surface area (Å²) in [6, 6.07) is 6.29. The summed E-state index contributed by atoms with van der Waals surface area (Å²) in [6.07, 6.45) is 0. The van der Waals surface area contributed by atoms with Crippen molar-refractivity contribution in [3.05, 3.63) is 28.2 Å². The molecule has 1 aliphatic rings. The normalized spacial score (nSPS) is 18.4. The Bertz CT molecular complexity index is 383. The Balaban J connectivity index is 2.14. The molecule has 1 aliphatic heterocycles. The summed E-state index contributed by atoms with van der Waals surface area (Å²) < 4.78 is 11.8. The second-order valence-electron chi connectivity index (χ2n) is 4.11. The van der Waals surface area contributed by atoms with Crippen LogP contribution < -0.4 is 4.90 Å². The number of methoxy groups -OCH3 is 2. The third kappa shape index (κ3) is 1.97. The molecule has 2 rings (SSSR count). The average molecular weight is 286 g/mol. The zero-order valence-electron chi connectivity index (χ0n) is 9.79. The maximum atomic E-state index is 5.37. The molecule has 0 bridgehead atoms. The second kappa shape index (κ2) is 4.35. The van der Waals surface area contributed by atoms with Crippen LogP contribution in [0.3, 0.4) is 0 Å². The van der Waals surface area contributed by atoms with E-state index < -0.39 is 5.79 Å². The molecule has 0 radical (unpaired) electrons. The number of benzene rings is 1. The summed E-state index contributed by atoms with van der Waals surface area (Å²) in [7, 11) is 3.38. The second-order valence-corrected chi connectivity index (χ2v) is 5.02. The van der Waals surface area contributed by atoms with Crippen LogP contribution in [0.2, 0.25) is 0 Å². The predicted octanol–water partition coefficient (Wildman–Crippen LogP) is 2.57. The number of rotatable bonds is 3. The Hall–Kier alpha value is -0.580. The fourth-order valence-corrected chi connectivity index (χ4v) is 2.32. The molecule has 0 spiro atoms. The summed E-state index contributed by atoms with van der Waals surface area (Å²) in [6.45, 7) is 3.66. The predicted molar refractivity (Wildman–Crippen MR) is 67.8 cm³/mol. The number of halogens is 1. The van der Waals surface area contributed by atoms with Crippen LogP contribution in [-0.2, 0) is 9.47 Å². The van der Waals surface area contributed by atoms with Gasteiger partial charge in [0.1, 0.15) is 0 Å². The highest BCUT2D eigenvalue weighted by molar-refractivity contribution is 9.10. The highest BCUT2D eigenvalue weighted by Gasteiger charge is 2.44. The molecule has 0 N–H and O–H groups in total. The largest absolute Gasteiger partial charge is 0.360 e. The smallest absolute Gasteiger partial charge is 0.203 e. The van der Waals surface area contributed by atoms with E-state index in [1.807, 2.05) is 0 Å². The number of aryl methyl sites for hydroxylation is 1. The van der Waals surface area contributed by atoms with Crippen LogP contribution in [-0.4, -0.2) is 33.1 Å². The number of hydrogen-bond acceptors (Lipinski definition) is 3. The zero-order valence-corrected chi connectivity index (χ0v) is 11.4. The molecule has 3 nitrogen and oxygen atoms in total. The standard InChI is InChI=1S/C12H16BrNO2/c1-9-4-5-10(13)6-11(9)14-7-12(8-14,15-2)16-3/h4-6H,7-8H2,1-3H3. The lowest BCUT2D eigenvalue weighted by atomic mass is 10.0. The molecule has 0 amide bonds. The van der Waals surface area contributed by atoms with Crippen molar-refractivity contribution in [3.63, 3.8) is 0 Å². The van der Waals surface area contributed by atoms with Crippen LogP contribution in [0.5, 0.6) is 0 Å². The molecule has 1 aromatic rings. The molecule has 4 heteroatoms. The minimum Gasteiger partial charge on any atom is -0.360 e. The third-order valence-corrected chi connectivity index (χ3v) is 3.61. The van der Waals surface area contributed by atoms with Gasteiger partial charge in [-0.25, -0.2) is 0 Å². The van der Waals surface area contributed by atoms with Crippen LogP contribution >= 0.6 is 15.9 Å². The lowest BCUT2D eigenvalue weighted by molar-refractivity contribution is -0.219. The molecular weight excluding hydrogens is 270 g/mol. The number of hydrogen-bond donors (Lipinski definition) is 0. The van der Waals surface area contributed by atoms with Crippen LogP contribution in [0.1, 0.15) is 5.56 Å². The van der Waals surface area contributed by atoms with Crippen molar-refractivity contribution in [2.75, 3.05) is 32.2 Å². The van der Waals surface area contributed by atoms with E-state index in [0.29, 0.717) is 0 Å². The Labute approximate surface area is 104 Å². The van der Waals surface area contributed by atoms with Crippen molar-refractivity contribution in [1.82, 2.24) is 0 Å². The maximum absolute atomic E-state index is 5.37. The number of anilines is 1. The monoisotopic (exact) mass is 285 g/mol. The van der Waals surface area contributed by atoms with Gasteiger partial charge in [-0.15, -0.1) is 0 Å². The molecule has 1 heterocycles. The van der Waals surface area contributed by atoms with E-state index in [0.717, 1.165) is 17.6 Å². The first-order valence-corrected chi connectivity index (χ1v) is 6.01. The first-order chi connectivity index (χ1) is 7.60. The Morgan fingerprint density at radius 3 is 2.44 bits per heavy atom. The van der Waals surface area contributed by atoms with Gasteiger partial charge in [0, 0.05) is 24.4 Å². The average Bonchev–Trinajstić information content (AvgIpc) is 2.23. The van der Waals surface area contributed by atoms with Gasteiger partial charge in [0.15, 0.2) is 0 Å². The quantitative estimate of drug-likeness (QED) is 0.797. The van der Waals surface area contributed by atoms with Gasteiger partial charge < -0.3 is 14.4 Å². The van der Waals surface area contributed by atoms with Crippen LogP contribution in [0, 0.1) is 6.92 Å².